The van der Waals surface area contributed by atoms with Crippen molar-refractivity contribution >= 4 is 24.1 Å². The molecule has 1 fully saturated rings. The molecule has 2 rings (SSSR count). The second kappa shape index (κ2) is 13.9. The second-order valence-corrected chi connectivity index (χ2v) is 14.5. The molecule has 9 heteroatoms. The standard InChI is InChI=1S/C33H54N4O5/c1-12-37(13-2)28(39)27(32(6,7)8)36-30(41)35-25-17-15-14-16-24(25)34-20-21-18-22(42-29(40)33(9,10)11)19-23(26(21)38)31(3,4)5/h18-20,24-25,27,38H,12-17H2,1-11H3,(H2,35,36,41). The van der Waals surface area contributed by atoms with Crippen molar-refractivity contribution in [3.63, 3.8) is 0 Å². The number of aliphatic imine (C=N–C) groups is 1. The van der Waals surface area contributed by atoms with Crippen LogP contribution >= 0.6 is 0 Å². The molecular weight excluding hydrogens is 532 g/mol. The van der Waals surface area contributed by atoms with Crippen molar-refractivity contribution in [2.75, 3.05) is 13.1 Å². The number of carbonyl (C=O) groups is 3. The Bertz CT molecular complexity index is 1140. The number of phenols is 1. The minimum atomic E-state index is -0.683. The third-order valence-electron chi connectivity index (χ3n) is 7.66. The van der Waals surface area contributed by atoms with Gasteiger partial charge in [0, 0.05) is 30.4 Å². The molecule has 1 aromatic rings. The summed E-state index contributed by atoms with van der Waals surface area (Å²) >= 11 is 0. The van der Waals surface area contributed by atoms with Crippen LogP contribution in [-0.4, -0.2) is 65.3 Å². The first kappa shape index (κ1) is 35.1. The molecule has 236 valence electrons. The first-order chi connectivity index (χ1) is 19.3. The lowest BCUT2D eigenvalue weighted by atomic mass is 9.85. The first-order valence-corrected chi connectivity index (χ1v) is 15.3. The number of carbonyl (C=O) groups excluding carboxylic acids is 3. The zero-order valence-electron chi connectivity index (χ0n) is 27.7. The average molecular weight is 587 g/mol. The minimum Gasteiger partial charge on any atom is -0.507 e. The van der Waals surface area contributed by atoms with Gasteiger partial charge in [-0.15, -0.1) is 0 Å². The van der Waals surface area contributed by atoms with E-state index in [4.69, 9.17) is 9.73 Å². The maximum atomic E-state index is 13.2. The van der Waals surface area contributed by atoms with Crippen molar-refractivity contribution in [3.05, 3.63) is 23.3 Å². The predicted molar refractivity (Wildman–Crippen MR) is 168 cm³/mol. The Balaban J connectivity index is 2.31. The maximum absolute atomic E-state index is 13.2. The highest BCUT2D eigenvalue weighted by Crippen LogP contribution is 2.37. The van der Waals surface area contributed by atoms with E-state index in [2.05, 4.69) is 10.6 Å². The molecule has 1 aliphatic carbocycles. The molecule has 3 atom stereocenters. The van der Waals surface area contributed by atoms with Crippen molar-refractivity contribution in [2.24, 2.45) is 15.8 Å². The summed E-state index contributed by atoms with van der Waals surface area (Å²) < 4.78 is 5.68. The number of amides is 3. The molecule has 0 spiro atoms. The Morgan fingerprint density at radius 2 is 1.62 bits per heavy atom. The molecule has 0 aromatic heterocycles. The number of rotatable bonds is 8. The molecule has 1 aromatic carbocycles. The van der Waals surface area contributed by atoms with E-state index in [-0.39, 0.29) is 29.7 Å². The Morgan fingerprint density at radius 3 is 2.14 bits per heavy atom. The molecule has 1 saturated carbocycles. The van der Waals surface area contributed by atoms with Crippen LogP contribution in [-0.2, 0) is 15.0 Å². The molecule has 0 heterocycles. The van der Waals surface area contributed by atoms with Gasteiger partial charge in [0.15, 0.2) is 0 Å². The molecule has 0 bridgehead atoms. The summed E-state index contributed by atoms with van der Waals surface area (Å²) in [6, 6.07) is 1.82. The molecule has 9 nitrogen and oxygen atoms in total. The normalized spacial score (nSPS) is 18.8. The van der Waals surface area contributed by atoms with Gasteiger partial charge in [0.05, 0.1) is 17.5 Å². The third kappa shape index (κ3) is 9.46. The molecule has 0 saturated heterocycles. The van der Waals surface area contributed by atoms with Gasteiger partial charge in [0.25, 0.3) is 0 Å². The van der Waals surface area contributed by atoms with E-state index >= 15 is 0 Å². The van der Waals surface area contributed by atoms with Crippen LogP contribution in [0.15, 0.2) is 17.1 Å². The van der Waals surface area contributed by atoms with Crippen molar-refractivity contribution in [3.8, 4) is 11.5 Å². The van der Waals surface area contributed by atoms with E-state index in [1.54, 1.807) is 44.0 Å². The lowest BCUT2D eigenvalue weighted by Gasteiger charge is -2.35. The summed E-state index contributed by atoms with van der Waals surface area (Å²) in [5, 5.41) is 17.2. The average Bonchev–Trinajstić information content (AvgIpc) is 2.86. The summed E-state index contributed by atoms with van der Waals surface area (Å²) in [7, 11) is 0. The van der Waals surface area contributed by atoms with Crippen LogP contribution in [0.3, 0.4) is 0 Å². The van der Waals surface area contributed by atoms with Crippen LogP contribution in [0.25, 0.3) is 0 Å². The van der Waals surface area contributed by atoms with E-state index in [9.17, 15) is 19.5 Å². The molecule has 42 heavy (non-hydrogen) atoms. The van der Waals surface area contributed by atoms with Gasteiger partial charge < -0.3 is 25.4 Å². The van der Waals surface area contributed by atoms with Crippen LogP contribution < -0.4 is 15.4 Å². The van der Waals surface area contributed by atoms with Crippen LogP contribution in [0, 0.1) is 10.8 Å². The molecule has 3 amide bonds. The van der Waals surface area contributed by atoms with E-state index < -0.39 is 28.3 Å². The van der Waals surface area contributed by atoms with Gasteiger partial charge in [-0.3, -0.25) is 14.6 Å². The smallest absolute Gasteiger partial charge is 0.316 e. The zero-order chi connectivity index (χ0) is 32.0. The molecule has 0 radical (unpaired) electrons. The Morgan fingerprint density at radius 1 is 1.02 bits per heavy atom. The van der Waals surface area contributed by atoms with Crippen molar-refractivity contribution in [1.82, 2.24) is 15.5 Å². The Labute approximate surface area is 252 Å². The zero-order valence-corrected chi connectivity index (χ0v) is 27.7. The lowest BCUT2D eigenvalue weighted by Crippen LogP contribution is -2.58. The summed E-state index contributed by atoms with van der Waals surface area (Å²) in [6.45, 7) is 22.1. The van der Waals surface area contributed by atoms with Crippen LogP contribution in [0.2, 0.25) is 0 Å². The number of likely N-dealkylation sites (N-methyl/N-ethyl adjacent to an activating group) is 1. The number of phenolic OH excluding ortho intramolecular Hbond substituents is 1. The molecule has 0 aliphatic heterocycles. The fourth-order valence-corrected chi connectivity index (χ4v) is 4.96. The summed E-state index contributed by atoms with van der Waals surface area (Å²) in [4.78, 5) is 45.5. The fraction of sp³-hybridized carbons (Fsp3) is 0.697. The second-order valence-electron chi connectivity index (χ2n) is 14.5. The van der Waals surface area contributed by atoms with Crippen molar-refractivity contribution in [1.29, 1.82) is 0 Å². The predicted octanol–water partition coefficient (Wildman–Crippen LogP) is 5.95. The first-order valence-electron chi connectivity index (χ1n) is 15.3. The minimum absolute atomic E-state index is 0.0859. The number of nitrogens with one attached hydrogen (secondary N) is 2. The van der Waals surface area contributed by atoms with Gasteiger partial charge >= 0.3 is 12.0 Å². The van der Waals surface area contributed by atoms with Gasteiger partial charge in [-0.2, -0.15) is 0 Å². The number of esters is 1. The third-order valence-corrected chi connectivity index (χ3v) is 7.66. The number of ether oxygens (including phenoxy) is 1. The highest BCUT2D eigenvalue weighted by molar-refractivity contribution is 5.88. The van der Waals surface area contributed by atoms with E-state index in [0.717, 1.165) is 25.7 Å². The van der Waals surface area contributed by atoms with Crippen molar-refractivity contribution < 1.29 is 24.2 Å². The van der Waals surface area contributed by atoms with Gasteiger partial charge in [-0.25, -0.2) is 4.79 Å². The molecular formula is C33H54N4O5. The van der Waals surface area contributed by atoms with Crippen LogP contribution in [0.1, 0.15) is 113 Å². The number of aromatic hydroxyl groups is 1. The number of nitrogens with zero attached hydrogens (tertiary/aromatic N) is 2. The quantitative estimate of drug-likeness (QED) is 0.197. The molecule has 1 aliphatic rings. The number of urea groups is 1. The summed E-state index contributed by atoms with van der Waals surface area (Å²) in [5.41, 5.74) is -0.462. The SMILES string of the molecule is CCN(CC)C(=O)C(NC(=O)NC1CCCCC1N=Cc1cc(OC(=O)C(C)(C)C)cc(C(C)(C)C)c1O)C(C)(C)C. The van der Waals surface area contributed by atoms with Gasteiger partial charge in [-0.1, -0.05) is 54.4 Å². The highest BCUT2D eigenvalue weighted by Gasteiger charge is 2.36. The fourth-order valence-electron chi connectivity index (χ4n) is 4.96. The summed E-state index contributed by atoms with van der Waals surface area (Å²) in [5.74, 6) is -0.0322. The lowest BCUT2D eigenvalue weighted by molar-refractivity contribution is -0.143. The largest absolute Gasteiger partial charge is 0.507 e. The van der Waals surface area contributed by atoms with E-state index in [1.807, 2.05) is 55.4 Å². The Hall–Kier alpha value is -3.10. The molecule has 3 unspecified atom stereocenters. The summed E-state index contributed by atoms with van der Waals surface area (Å²) in [6.07, 6.45) is 5.06. The van der Waals surface area contributed by atoms with E-state index in [0.29, 0.717) is 30.0 Å². The Kier molecular flexibility index (Phi) is 11.6. The number of benzene rings is 1. The van der Waals surface area contributed by atoms with Gasteiger partial charge in [0.1, 0.15) is 17.5 Å². The number of hydrogen-bond donors (Lipinski definition) is 3. The van der Waals surface area contributed by atoms with Gasteiger partial charge in [-0.05, 0) is 70.4 Å². The van der Waals surface area contributed by atoms with Crippen molar-refractivity contribution in [2.45, 2.75) is 125 Å². The van der Waals surface area contributed by atoms with Crippen LogP contribution in [0.5, 0.6) is 11.5 Å². The topological polar surface area (TPSA) is 120 Å². The van der Waals surface area contributed by atoms with E-state index in [1.165, 1.54) is 0 Å². The highest BCUT2D eigenvalue weighted by atomic mass is 16.5. The van der Waals surface area contributed by atoms with Crippen LogP contribution in [0.4, 0.5) is 4.79 Å². The number of hydrogen-bond acceptors (Lipinski definition) is 6. The van der Waals surface area contributed by atoms with Gasteiger partial charge in [0.2, 0.25) is 5.91 Å². The maximum Gasteiger partial charge on any atom is 0.316 e. The molecule has 3 N–H and O–H groups in total. The monoisotopic (exact) mass is 586 g/mol.